The first-order valence-electron chi connectivity index (χ1n) is 10.1. The zero-order valence-electron chi connectivity index (χ0n) is 17.7. The molecule has 3 N–H and O–H groups in total. The molecule has 0 bridgehead atoms. The molecule has 0 fully saturated rings. The van der Waals surface area contributed by atoms with E-state index < -0.39 is 0 Å². The number of methoxy groups -OCH3 is 2. The van der Waals surface area contributed by atoms with Crippen LogP contribution >= 0.6 is 0 Å². The normalized spacial score (nSPS) is 11.6. The Hall–Kier alpha value is -3.31. The predicted octanol–water partition coefficient (Wildman–Crippen LogP) is 3.50. The molecule has 156 valence electrons. The summed E-state index contributed by atoms with van der Waals surface area (Å²) in [5.41, 5.74) is 4.08. The lowest BCUT2D eigenvalue weighted by Crippen LogP contribution is -2.87. The summed E-state index contributed by atoms with van der Waals surface area (Å²) in [6, 6.07) is 23.3. The van der Waals surface area contributed by atoms with Crippen LogP contribution in [0.2, 0.25) is 0 Å². The highest BCUT2D eigenvalue weighted by molar-refractivity contribution is 5.94. The third-order valence-corrected chi connectivity index (χ3v) is 5.04. The predicted molar refractivity (Wildman–Crippen MR) is 119 cm³/mol. The van der Waals surface area contributed by atoms with Crippen molar-refractivity contribution in [1.82, 2.24) is 0 Å². The maximum Gasteiger partial charge on any atom is 0.287 e. The molecule has 0 aliphatic rings. The lowest BCUT2D eigenvalue weighted by atomic mass is 10.0. The number of hydrogen-bond donors (Lipinski definition) is 2. The zero-order chi connectivity index (χ0) is 21.3. The average molecular weight is 406 g/mol. The van der Waals surface area contributed by atoms with Gasteiger partial charge in [0.2, 0.25) is 0 Å². The average Bonchev–Trinajstić information content (AvgIpc) is 2.78. The van der Waals surface area contributed by atoms with Crippen molar-refractivity contribution in [2.24, 2.45) is 0 Å². The summed E-state index contributed by atoms with van der Waals surface area (Å²) in [7, 11) is 3.26. The summed E-state index contributed by atoms with van der Waals surface area (Å²) in [6.45, 7) is 2.79. The van der Waals surface area contributed by atoms with Crippen molar-refractivity contribution in [3.05, 3.63) is 89.5 Å². The summed E-state index contributed by atoms with van der Waals surface area (Å²) in [5, 5.41) is 5.12. The van der Waals surface area contributed by atoms with E-state index in [1.165, 1.54) is 0 Å². The third-order valence-electron chi connectivity index (χ3n) is 5.04. The smallest absolute Gasteiger partial charge is 0.287 e. The van der Waals surface area contributed by atoms with Crippen molar-refractivity contribution in [2.75, 3.05) is 26.1 Å². The van der Waals surface area contributed by atoms with Gasteiger partial charge in [-0.3, -0.25) is 4.79 Å². The largest absolute Gasteiger partial charge is 0.493 e. The minimum Gasteiger partial charge on any atom is -0.493 e. The number of amides is 1. The Morgan fingerprint density at radius 1 is 0.933 bits per heavy atom. The van der Waals surface area contributed by atoms with Crippen molar-refractivity contribution in [3.63, 3.8) is 0 Å². The molecule has 0 aromatic heterocycles. The van der Waals surface area contributed by atoms with Crippen LogP contribution in [0.5, 0.6) is 11.5 Å². The minimum absolute atomic E-state index is 0.0302. The fourth-order valence-corrected chi connectivity index (χ4v) is 3.36. The van der Waals surface area contributed by atoms with Gasteiger partial charge >= 0.3 is 0 Å². The van der Waals surface area contributed by atoms with Gasteiger partial charge in [-0.05, 0) is 36.8 Å². The fraction of sp³-hybridized carbons (Fsp3) is 0.240. The molecule has 30 heavy (non-hydrogen) atoms. The van der Waals surface area contributed by atoms with Crippen LogP contribution in [-0.2, 0) is 11.2 Å². The highest BCUT2D eigenvalue weighted by Gasteiger charge is 2.24. The molecule has 1 atom stereocenters. The molecule has 0 heterocycles. The number of aryl methyl sites for hydroxylation is 1. The summed E-state index contributed by atoms with van der Waals surface area (Å²) in [6.07, 6.45) is 0.807. The number of quaternary nitrogens is 1. The van der Waals surface area contributed by atoms with Gasteiger partial charge < -0.3 is 20.1 Å². The molecule has 0 aliphatic heterocycles. The van der Waals surface area contributed by atoms with E-state index >= 15 is 0 Å². The highest BCUT2D eigenvalue weighted by Crippen LogP contribution is 2.27. The second-order valence-corrected chi connectivity index (χ2v) is 7.21. The van der Waals surface area contributed by atoms with E-state index in [0.29, 0.717) is 11.5 Å². The van der Waals surface area contributed by atoms with Crippen molar-refractivity contribution in [1.29, 1.82) is 0 Å². The van der Waals surface area contributed by atoms with Crippen LogP contribution in [-0.4, -0.2) is 26.7 Å². The quantitative estimate of drug-likeness (QED) is 0.573. The number of nitrogens with two attached hydrogens (primary N) is 1. The Kier molecular flexibility index (Phi) is 7.46. The van der Waals surface area contributed by atoms with E-state index in [2.05, 4.69) is 10.6 Å². The number of rotatable bonds is 9. The summed E-state index contributed by atoms with van der Waals surface area (Å²) >= 11 is 0. The molecular weight excluding hydrogens is 376 g/mol. The van der Waals surface area contributed by atoms with Crippen molar-refractivity contribution >= 4 is 11.6 Å². The SMILES string of the molecule is COc1ccc(CC[NH2+][C@H](C(=O)Nc2ccc(C)cc2)c2ccccc2)cc1OC. The fourth-order valence-electron chi connectivity index (χ4n) is 3.36. The molecule has 0 spiro atoms. The van der Waals surface area contributed by atoms with Gasteiger partial charge in [-0.2, -0.15) is 0 Å². The van der Waals surface area contributed by atoms with Crippen LogP contribution in [0, 0.1) is 6.92 Å². The second-order valence-electron chi connectivity index (χ2n) is 7.21. The molecule has 5 nitrogen and oxygen atoms in total. The number of benzene rings is 3. The third kappa shape index (κ3) is 5.61. The van der Waals surface area contributed by atoms with Gasteiger partial charge in [0.1, 0.15) is 0 Å². The van der Waals surface area contributed by atoms with Crippen LogP contribution in [0.3, 0.4) is 0 Å². The Labute approximate surface area is 178 Å². The number of ether oxygens (including phenoxy) is 2. The van der Waals surface area contributed by atoms with Crippen LogP contribution in [0.4, 0.5) is 5.69 Å². The molecule has 0 saturated carbocycles. The standard InChI is InChI=1S/C25H28N2O3/c1-18-9-12-21(13-10-18)27-25(28)24(20-7-5-4-6-8-20)26-16-15-19-11-14-22(29-2)23(17-19)30-3/h4-14,17,24,26H,15-16H2,1-3H3,(H,27,28)/p+1/t24-/m0/s1. The van der Waals surface area contributed by atoms with Crippen LogP contribution in [0.1, 0.15) is 22.7 Å². The number of carbonyl (C=O) groups excluding carboxylic acids is 1. The zero-order valence-corrected chi connectivity index (χ0v) is 17.7. The maximum absolute atomic E-state index is 13.0. The molecule has 3 aromatic rings. The highest BCUT2D eigenvalue weighted by atomic mass is 16.5. The van der Waals surface area contributed by atoms with Gasteiger partial charge in [-0.15, -0.1) is 0 Å². The minimum atomic E-state index is -0.326. The first-order chi connectivity index (χ1) is 14.6. The first kappa shape index (κ1) is 21.4. The Morgan fingerprint density at radius 3 is 2.30 bits per heavy atom. The molecule has 5 heteroatoms. The van der Waals surface area contributed by atoms with Crippen molar-refractivity contribution in [2.45, 2.75) is 19.4 Å². The molecule has 1 amide bonds. The van der Waals surface area contributed by atoms with Gasteiger partial charge in [0.05, 0.1) is 20.8 Å². The molecule has 0 aliphatic carbocycles. The van der Waals surface area contributed by atoms with Gasteiger partial charge in [0.15, 0.2) is 17.5 Å². The molecular formula is C25H29N2O3+. The monoisotopic (exact) mass is 405 g/mol. The topological polar surface area (TPSA) is 64.2 Å². The summed E-state index contributed by atoms with van der Waals surface area (Å²) in [4.78, 5) is 13.0. The van der Waals surface area contributed by atoms with Crippen molar-refractivity contribution in [3.8, 4) is 11.5 Å². The number of anilines is 1. The van der Waals surface area contributed by atoms with E-state index in [9.17, 15) is 4.79 Å². The Bertz CT molecular complexity index is 956. The molecule has 0 saturated heterocycles. The summed E-state index contributed by atoms with van der Waals surface area (Å²) in [5.74, 6) is 1.40. The first-order valence-corrected chi connectivity index (χ1v) is 10.1. The van der Waals surface area contributed by atoms with Gasteiger partial charge in [0, 0.05) is 17.7 Å². The number of carbonyl (C=O) groups is 1. The Balaban J connectivity index is 1.69. The van der Waals surface area contributed by atoms with Crippen LogP contribution in [0.15, 0.2) is 72.8 Å². The van der Waals surface area contributed by atoms with Gasteiger partial charge in [0.25, 0.3) is 5.91 Å². The lowest BCUT2D eigenvalue weighted by molar-refractivity contribution is -0.682. The number of hydrogen-bond acceptors (Lipinski definition) is 3. The number of nitrogens with one attached hydrogen (secondary N) is 1. The molecule has 3 aromatic carbocycles. The Morgan fingerprint density at radius 2 is 1.63 bits per heavy atom. The van der Waals surface area contributed by atoms with Crippen molar-refractivity contribution < 1.29 is 19.6 Å². The molecule has 0 unspecified atom stereocenters. The van der Waals surface area contributed by atoms with Gasteiger partial charge in [-0.25, -0.2) is 0 Å². The summed E-state index contributed by atoms with van der Waals surface area (Å²) < 4.78 is 10.7. The lowest BCUT2D eigenvalue weighted by Gasteiger charge is -2.16. The maximum atomic E-state index is 13.0. The van der Waals surface area contributed by atoms with E-state index in [1.807, 2.05) is 79.7 Å². The second kappa shape index (κ2) is 10.5. The van der Waals surface area contributed by atoms with Crippen LogP contribution < -0.4 is 20.1 Å². The molecule has 0 radical (unpaired) electrons. The molecule has 3 rings (SSSR count). The van der Waals surface area contributed by atoms with E-state index in [0.717, 1.165) is 35.3 Å². The van der Waals surface area contributed by atoms with E-state index in [-0.39, 0.29) is 11.9 Å². The van der Waals surface area contributed by atoms with E-state index in [4.69, 9.17) is 9.47 Å². The van der Waals surface area contributed by atoms with E-state index in [1.54, 1.807) is 14.2 Å². The van der Waals surface area contributed by atoms with Crippen LogP contribution in [0.25, 0.3) is 0 Å². The van der Waals surface area contributed by atoms with Gasteiger partial charge in [-0.1, -0.05) is 54.1 Å².